The molecule has 0 spiro atoms. The molecule has 2 aromatic rings. The average molecular weight is 351 g/mol. The van der Waals surface area contributed by atoms with Crippen LogP contribution in [0.1, 0.15) is 30.2 Å². The van der Waals surface area contributed by atoms with Crippen molar-refractivity contribution in [2.45, 2.75) is 38.9 Å². The highest BCUT2D eigenvalue weighted by Crippen LogP contribution is 2.29. The molecule has 1 fully saturated rings. The first kappa shape index (κ1) is 17.4. The molecule has 1 aromatic heterocycles. The lowest BCUT2D eigenvalue weighted by Crippen LogP contribution is -2.51. The molecule has 2 aliphatic heterocycles. The number of hydrogen-bond acceptors (Lipinski definition) is 5. The molecule has 2 aliphatic rings. The molecule has 26 heavy (non-hydrogen) atoms. The SMILES string of the molecule is C[C@@H]1CCN(Cc2ccccc2)C[C@@H]1N(C)c1ncnc2c1CCNC2. The van der Waals surface area contributed by atoms with Crippen LogP contribution in [-0.2, 0) is 19.5 Å². The molecule has 4 rings (SSSR count). The van der Waals surface area contributed by atoms with Crippen LogP contribution in [0.2, 0.25) is 0 Å². The summed E-state index contributed by atoms with van der Waals surface area (Å²) in [5.41, 5.74) is 3.90. The van der Waals surface area contributed by atoms with E-state index in [1.807, 2.05) is 0 Å². The first-order valence-electron chi connectivity index (χ1n) is 9.75. The number of fused-ring (bicyclic) bond motifs is 1. The van der Waals surface area contributed by atoms with E-state index < -0.39 is 0 Å². The number of anilines is 1. The van der Waals surface area contributed by atoms with E-state index in [1.54, 1.807) is 6.33 Å². The molecule has 1 saturated heterocycles. The predicted molar refractivity (Wildman–Crippen MR) is 105 cm³/mol. The Hall–Kier alpha value is -1.98. The van der Waals surface area contributed by atoms with Crippen LogP contribution in [0.25, 0.3) is 0 Å². The number of rotatable bonds is 4. The smallest absolute Gasteiger partial charge is 0.135 e. The zero-order valence-electron chi connectivity index (χ0n) is 15.9. The number of benzene rings is 1. The van der Waals surface area contributed by atoms with Crippen LogP contribution >= 0.6 is 0 Å². The van der Waals surface area contributed by atoms with Gasteiger partial charge in [0.1, 0.15) is 12.1 Å². The summed E-state index contributed by atoms with van der Waals surface area (Å²) in [7, 11) is 2.22. The van der Waals surface area contributed by atoms with Crippen LogP contribution in [0.15, 0.2) is 36.7 Å². The van der Waals surface area contributed by atoms with Crippen molar-refractivity contribution in [2.75, 3.05) is 31.6 Å². The molecule has 0 bridgehead atoms. The molecular weight excluding hydrogens is 322 g/mol. The largest absolute Gasteiger partial charge is 0.355 e. The maximum atomic E-state index is 4.68. The first-order valence-corrected chi connectivity index (χ1v) is 9.75. The Morgan fingerprint density at radius 1 is 1.23 bits per heavy atom. The Morgan fingerprint density at radius 2 is 2.08 bits per heavy atom. The second-order valence-corrected chi connectivity index (χ2v) is 7.71. The topological polar surface area (TPSA) is 44.3 Å². The lowest BCUT2D eigenvalue weighted by atomic mass is 9.91. The van der Waals surface area contributed by atoms with Crippen LogP contribution in [0.3, 0.4) is 0 Å². The van der Waals surface area contributed by atoms with E-state index in [4.69, 9.17) is 0 Å². The molecule has 3 heterocycles. The van der Waals surface area contributed by atoms with Gasteiger partial charge in [-0.25, -0.2) is 9.97 Å². The molecule has 0 unspecified atom stereocenters. The van der Waals surface area contributed by atoms with Crippen LogP contribution in [0.5, 0.6) is 0 Å². The van der Waals surface area contributed by atoms with Crippen molar-refractivity contribution < 1.29 is 0 Å². The minimum Gasteiger partial charge on any atom is -0.355 e. The molecule has 1 aromatic carbocycles. The van der Waals surface area contributed by atoms with Gasteiger partial charge < -0.3 is 10.2 Å². The standard InChI is InChI=1S/C21H29N5/c1-16-9-11-26(13-17-6-4-3-5-7-17)14-20(16)25(2)21-18-8-10-22-12-19(18)23-15-24-21/h3-7,15-16,20,22H,8-14H2,1-2H3/t16-,20+/m1/s1. The predicted octanol–water partition coefficient (Wildman–Crippen LogP) is 2.47. The molecule has 0 amide bonds. The van der Waals surface area contributed by atoms with E-state index in [9.17, 15) is 0 Å². The first-order chi connectivity index (χ1) is 12.7. The Kier molecular flexibility index (Phi) is 5.18. The molecule has 1 N–H and O–H groups in total. The van der Waals surface area contributed by atoms with Crippen LogP contribution < -0.4 is 10.2 Å². The fourth-order valence-corrected chi connectivity index (χ4v) is 4.33. The van der Waals surface area contributed by atoms with Gasteiger partial charge in [-0.1, -0.05) is 37.3 Å². The molecule has 5 nitrogen and oxygen atoms in total. The van der Waals surface area contributed by atoms with Gasteiger partial charge in [0, 0.05) is 38.3 Å². The highest BCUT2D eigenvalue weighted by atomic mass is 15.3. The van der Waals surface area contributed by atoms with E-state index in [-0.39, 0.29) is 0 Å². The maximum Gasteiger partial charge on any atom is 0.135 e. The Morgan fingerprint density at radius 3 is 2.92 bits per heavy atom. The van der Waals surface area contributed by atoms with Gasteiger partial charge in [0.25, 0.3) is 0 Å². The van der Waals surface area contributed by atoms with Gasteiger partial charge in [-0.05, 0) is 37.4 Å². The Labute approximate surface area is 156 Å². The summed E-state index contributed by atoms with van der Waals surface area (Å²) in [6, 6.07) is 11.3. The van der Waals surface area contributed by atoms with Gasteiger partial charge >= 0.3 is 0 Å². The highest BCUT2D eigenvalue weighted by molar-refractivity contribution is 5.50. The lowest BCUT2D eigenvalue weighted by molar-refractivity contribution is 0.159. The van der Waals surface area contributed by atoms with Crippen molar-refractivity contribution in [1.82, 2.24) is 20.2 Å². The number of nitrogens with zero attached hydrogens (tertiary/aromatic N) is 4. The quantitative estimate of drug-likeness (QED) is 0.917. The average Bonchev–Trinajstić information content (AvgIpc) is 2.69. The number of nitrogens with one attached hydrogen (secondary N) is 1. The van der Waals surface area contributed by atoms with Crippen molar-refractivity contribution in [3.8, 4) is 0 Å². The minimum absolute atomic E-state index is 0.487. The number of likely N-dealkylation sites (tertiary alicyclic amines) is 1. The van der Waals surface area contributed by atoms with Crippen molar-refractivity contribution >= 4 is 5.82 Å². The third kappa shape index (κ3) is 3.60. The lowest BCUT2D eigenvalue weighted by Gasteiger charge is -2.43. The second kappa shape index (κ2) is 7.72. The maximum absolute atomic E-state index is 4.68. The molecular formula is C21H29N5. The monoisotopic (exact) mass is 351 g/mol. The summed E-state index contributed by atoms with van der Waals surface area (Å²) in [5, 5.41) is 3.41. The summed E-state index contributed by atoms with van der Waals surface area (Å²) >= 11 is 0. The summed E-state index contributed by atoms with van der Waals surface area (Å²) in [4.78, 5) is 14.2. The van der Waals surface area contributed by atoms with Crippen LogP contribution in [-0.4, -0.2) is 47.6 Å². The van der Waals surface area contributed by atoms with Crippen LogP contribution in [0.4, 0.5) is 5.82 Å². The summed E-state index contributed by atoms with van der Waals surface area (Å²) < 4.78 is 0. The number of aromatic nitrogens is 2. The van der Waals surface area contributed by atoms with Crippen LogP contribution in [0, 0.1) is 5.92 Å². The zero-order valence-corrected chi connectivity index (χ0v) is 15.9. The van der Waals surface area contributed by atoms with E-state index >= 15 is 0 Å². The van der Waals surface area contributed by atoms with Crippen molar-refractivity contribution in [2.24, 2.45) is 5.92 Å². The van der Waals surface area contributed by atoms with Crippen molar-refractivity contribution in [1.29, 1.82) is 0 Å². The summed E-state index contributed by atoms with van der Waals surface area (Å²) in [6.45, 7) is 7.55. The van der Waals surface area contributed by atoms with E-state index in [0.29, 0.717) is 12.0 Å². The minimum atomic E-state index is 0.487. The zero-order chi connectivity index (χ0) is 17.9. The van der Waals surface area contributed by atoms with Crippen molar-refractivity contribution in [3.05, 3.63) is 53.5 Å². The Bertz CT molecular complexity index is 732. The molecule has 0 saturated carbocycles. The fourth-order valence-electron chi connectivity index (χ4n) is 4.33. The molecule has 0 radical (unpaired) electrons. The molecule has 5 heteroatoms. The Balaban J connectivity index is 1.52. The van der Waals surface area contributed by atoms with E-state index in [1.165, 1.54) is 24.1 Å². The number of likely N-dealkylation sites (N-methyl/N-ethyl adjacent to an activating group) is 1. The highest BCUT2D eigenvalue weighted by Gasteiger charge is 2.31. The van der Waals surface area contributed by atoms with Gasteiger partial charge in [-0.15, -0.1) is 0 Å². The third-order valence-corrected chi connectivity index (χ3v) is 5.94. The third-order valence-electron chi connectivity index (χ3n) is 5.94. The summed E-state index contributed by atoms with van der Waals surface area (Å²) in [6.07, 6.45) is 3.98. The second-order valence-electron chi connectivity index (χ2n) is 7.71. The van der Waals surface area contributed by atoms with Gasteiger partial charge in [-0.3, -0.25) is 4.90 Å². The summed E-state index contributed by atoms with van der Waals surface area (Å²) in [5.74, 6) is 1.80. The van der Waals surface area contributed by atoms with E-state index in [0.717, 1.165) is 44.1 Å². The number of piperidine rings is 1. The molecule has 138 valence electrons. The van der Waals surface area contributed by atoms with Crippen molar-refractivity contribution in [3.63, 3.8) is 0 Å². The molecule has 2 atom stereocenters. The number of hydrogen-bond donors (Lipinski definition) is 1. The van der Waals surface area contributed by atoms with Gasteiger partial charge in [-0.2, -0.15) is 0 Å². The normalized spacial score (nSPS) is 23.5. The van der Waals surface area contributed by atoms with E-state index in [2.05, 4.69) is 69.4 Å². The van der Waals surface area contributed by atoms with Gasteiger partial charge in [0.05, 0.1) is 5.69 Å². The molecule has 0 aliphatic carbocycles. The fraction of sp³-hybridized carbons (Fsp3) is 0.524. The van der Waals surface area contributed by atoms with Gasteiger partial charge in [0.15, 0.2) is 0 Å². The van der Waals surface area contributed by atoms with Gasteiger partial charge in [0.2, 0.25) is 0 Å².